The molecule has 0 saturated carbocycles. The first-order chi connectivity index (χ1) is 29.7. The van der Waals surface area contributed by atoms with Gasteiger partial charge in [-0.05, 0) is 179 Å². The molecule has 4 nitrogen and oxygen atoms in total. The van der Waals surface area contributed by atoms with Crippen molar-refractivity contribution in [2.45, 2.75) is 10.8 Å². The number of phenols is 4. The van der Waals surface area contributed by atoms with Crippen molar-refractivity contribution in [1.29, 1.82) is 0 Å². The summed E-state index contributed by atoms with van der Waals surface area (Å²) in [6, 6.07) is 47.6. The van der Waals surface area contributed by atoms with Gasteiger partial charge < -0.3 is 20.4 Å². The van der Waals surface area contributed by atoms with E-state index in [0.29, 0.717) is 17.9 Å². The van der Waals surface area contributed by atoms with Crippen LogP contribution in [0.3, 0.4) is 0 Å². The van der Waals surface area contributed by atoms with Gasteiger partial charge in [-0.3, -0.25) is 0 Å². The lowest BCUT2D eigenvalue weighted by molar-refractivity contribution is 0.467. The van der Waals surface area contributed by atoms with Gasteiger partial charge in [-0.25, -0.2) is 0 Å². The minimum atomic E-state index is -0.866. The summed E-state index contributed by atoms with van der Waals surface area (Å²) in [4.78, 5) is 0. The van der Waals surface area contributed by atoms with Crippen LogP contribution in [0, 0.1) is 0 Å². The maximum atomic E-state index is 10.4. The molecule has 0 heterocycles. The molecule has 12 heteroatoms. The molecule has 10 rings (SSSR count). The Morgan fingerprint density at radius 1 is 0.306 bits per heavy atom. The Kier molecular flexibility index (Phi) is 11.6. The molecule has 4 N–H and O–H groups in total. The second kappa shape index (κ2) is 16.5. The lowest BCUT2D eigenvalue weighted by Gasteiger charge is -2.34. The zero-order chi connectivity index (χ0) is 43.8. The predicted molar refractivity (Wildman–Crippen MR) is 265 cm³/mol. The number of phenolic OH excluding ortho intramolecular Hbond substituents is 4. The van der Waals surface area contributed by atoms with E-state index in [1.807, 2.05) is 60.7 Å². The summed E-state index contributed by atoms with van der Waals surface area (Å²) < 4.78 is 2.43. The van der Waals surface area contributed by atoms with E-state index in [1.165, 1.54) is 11.1 Å². The zero-order valence-corrected chi connectivity index (χ0v) is 41.0. The lowest BCUT2D eigenvalue weighted by atomic mass is 9.67. The van der Waals surface area contributed by atoms with E-state index in [-0.39, 0.29) is 43.1 Å². The minimum Gasteiger partial charge on any atom is -0.506 e. The van der Waals surface area contributed by atoms with Crippen LogP contribution in [-0.2, 0) is 10.8 Å². The number of hydrogen-bond donors (Lipinski definition) is 4. The van der Waals surface area contributed by atoms with Gasteiger partial charge in [0, 0.05) is 0 Å². The largest absolute Gasteiger partial charge is 0.506 e. The molecule has 2 aliphatic rings. The van der Waals surface area contributed by atoms with Gasteiger partial charge in [0.2, 0.25) is 0 Å². The van der Waals surface area contributed by atoms with Gasteiger partial charge in [-0.1, -0.05) is 143 Å². The van der Waals surface area contributed by atoms with E-state index in [9.17, 15) is 20.4 Å². The Labute approximate surface area is 410 Å². The summed E-state index contributed by atoms with van der Waals surface area (Å²) in [5.74, 6) is -0.0368. The molecule has 0 amide bonds. The molecular weight excluding hydrogens is 1130 g/mol. The maximum Gasteiger partial charge on any atom is 0.152 e. The Morgan fingerprint density at radius 3 is 0.758 bits per heavy atom. The topological polar surface area (TPSA) is 80.9 Å². The molecule has 0 bridgehead atoms. The van der Waals surface area contributed by atoms with Crippen LogP contribution in [0.25, 0.3) is 22.3 Å². The third-order valence-corrected chi connectivity index (χ3v) is 15.3. The Bertz CT molecular complexity index is 2640. The normalized spacial score (nSPS) is 13.7. The third kappa shape index (κ3) is 6.63. The molecule has 0 unspecified atom stereocenters. The number of aromatic hydroxyl groups is 4. The van der Waals surface area contributed by atoms with Crippen LogP contribution in [0.5, 0.6) is 23.0 Å². The molecule has 0 spiro atoms. The molecule has 0 atom stereocenters. The molecule has 0 radical (unpaired) electrons. The van der Waals surface area contributed by atoms with E-state index in [4.69, 9.17) is 46.4 Å². The van der Waals surface area contributed by atoms with Gasteiger partial charge in [-0.15, -0.1) is 0 Å². The van der Waals surface area contributed by atoms with Crippen LogP contribution < -0.4 is 0 Å². The summed E-state index contributed by atoms with van der Waals surface area (Å²) in [5, 5.41) is 41.8. The van der Waals surface area contributed by atoms with Gasteiger partial charge in [0.25, 0.3) is 0 Å². The monoisotopic (exact) mass is 1150 g/mol. The van der Waals surface area contributed by atoms with E-state index in [1.54, 1.807) is 24.3 Å². The van der Waals surface area contributed by atoms with Crippen molar-refractivity contribution in [2.24, 2.45) is 0 Å². The lowest BCUT2D eigenvalue weighted by Crippen LogP contribution is -2.28. The molecule has 0 aliphatic heterocycles. The van der Waals surface area contributed by atoms with Crippen molar-refractivity contribution in [3.8, 4) is 45.3 Å². The van der Waals surface area contributed by atoms with Crippen molar-refractivity contribution < 1.29 is 20.4 Å². The molecule has 0 aromatic heterocycles. The van der Waals surface area contributed by atoms with Crippen molar-refractivity contribution in [3.05, 3.63) is 228 Å². The fourth-order valence-corrected chi connectivity index (χ4v) is 12.5. The van der Waals surface area contributed by atoms with Gasteiger partial charge in [0.15, 0.2) is 11.5 Å². The molecule has 0 saturated heterocycles. The number of rotatable bonds is 4. The highest BCUT2D eigenvalue weighted by atomic mass is 79.9. The van der Waals surface area contributed by atoms with Gasteiger partial charge in [0.1, 0.15) is 11.5 Å². The highest BCUT2D eigenvalue weighted by Crippen LogP contribution is 2.60. The summed E-state index contributed by atoms with van der Waals surface area (Å²) in [6.07, 6.45) is 0. The molecule has 2 aliphatic carbocycles. The SMILES string of the molecule is Oc1c(Br)cc(C2(c3cc(Br)c(O)c(Br)c3)c3ccccc3-c3ccccc32)cc1Br.Oc1c(Cl)cc(C2(c3cc(Cl)c(O)c(Cl)c3)c3ccccc3-c3ccccc32)cc1Cl. The van der Waals surface area contributed by atoms with E-state index in [0.717, 1.165) is 55.6 Å². The fraction of sp³-hybridized carbons (Fsp3) is 0.0400. The zero-order valence-electron chi connectivity index (χ0n) is 31.7. The summed E-state index contributed by atoms with van der Waals surface area (Å²) in [5.41, 5.74) is 10.7. The summed E-state index contributed by atoms with van der Waals surface area (Å²) >= 11 is 39.5. The Morgan fingerprint density at radius 2 is 0.516 bits per heavy atom. The van der Waals surface area contributed by atoms with E-state index in [2.05, 4.69) is 124 Å². The van der Waals surface area contributed by atoms with E-state index >= 15 is 0 Å². The van der Waals surface area contributed by atoms with Crippen molar-refractivity contribution >= 4 is 110 Å². The molecule has 8 aromatic rings. The maximum absolute atomic E-state index is 10.4. The summed E-state index contributed by atoms with van der Waals surface area (Å²) in [7, 11) is 0. The second-order valence-corrected chi connectivity index (χ2v) is 19.9. The highest BCUT2D eigenvalue weighted by molar-refractivity contribution is 9.11. The number of benzene rings is 8. The molecule has 308 valence electrons. The number of halogens is 8. The van der Waals surface area contributed by atoms with Crippen LogP contribution in [-0.4, -0.2) is 20.4 Å². The molecular formula is C50H28Br4Cl4O4. The van der Waals surface area contributed by atoms with Gasteiger partial charge in [-0.2, -0.15) is 0 Å². The Balaban J connectivity index is 0.000000158. The molecule has 8 aromatic carbocycles. The third-order valence-electron chi connectivity index (χ3n) is 11.7. The van der Waals surface area contributed by atoms with E-state index < -0.39 is 10.8 Å². The Hall–Kier alpha value is -3.96. The van der Waals surface area contributed by atoms with Crippen LogP contribution in [0.4, 0.5) is 0 Å². The average Bonchev–Trinajstić information content (AvgIpc) is 3.74. The van der Waals surface area contributed by atoms with Crippen molar-refractivity contribution in [2.75, 3.05) is 0 Å². The number of fused-ring (bicyclic) bond motifs is 6. The smallest absolute Gasteiger partial charge is 0.152 e. The molecule has 62 heavy (non-hydrogen) atoms. The number of hydrogen-bond acceptors (Lipinski definition) is 4. The predicted octanol–water partition coefficient (Wildman–Crippen LogP) is 16.6. The first-order valence-electron chi connectivity index (χ1n) is 18.8. The summed E-state index contributed by atoms with van der Waals surface area (Å²) in [6.45, 7) is 0. The highest BCUT2D eigenvalue weighted by Gasteiger charge is 2.48. The van der Waals surface area contributed by atoms with Crippen LogP contribution >= 0.6 is 110 Å². The van der Waals surface area contributed by atoms with Crippen LogP contribution in [0.15, 0.2) is 163 Å². The quantitative estimate of drug-likeness (QED) is 0.142. The average molecular weight is 1150 g/mol. The first kappa shape index (κ1) is 43.3. The molecule has 0 fully saturated rings. The van der Waals surface area contributed by atoms with Gasteiger partial charge >= 0.3 is 0 Å². The van der Waals surface area contributed by atoms with Crippen molar-refractivity contribution in [3.63, 3.8) is 0 Å². The van der Waals surface area contributed by atoms with Crippen molar-refractivity contribution in [1.82, 2.24) is 0 Å². The second-order valence-electron chi connectivity index (χ2n) is 14.8. The van der Waals surface area contributed by atoms with Gasteiger partial charge in [0.05, 0.1) is 48.8 Å². The van der Waals surface area contributed by atoms with Crippen LogP contribution in [0.2, 0.25) is 20.1 Å². The standard InChI is InChI=1S/C25H14Br4O2.C25H14Cl4O2/c2*26-19-9-13(10-20(27)23(19)30)25(14-11-21(28)24(31)22(29)12-14)17-7-3-1-5-15(17)16-6-2-4-8-18(16)25/h2*1-12,30-31H. The minimum absolute atomic E-state index is 0.139. The first-order valence-corrected chi connectivity index (χ1v) is 23.5. The van der Waals surface area contributed by atoms with Crippen LogP contribution in [0.1, 0.15) is 44.5 Å². The fourth-order valence-electron chi connectivity index (χ4n) is 9.18.